The third kappa shape index (κ3) is 3.68. The average Bonchev–Trinajstić information content (AvgIpc) is 2.89. The molecule has 2 rings (SSSR count). The van der Waals surface area contributed by atoms with Crippen LogP contribution in [0.1, 0.15) is 20.8 Å². The predicted molar refractivity (Wildman–Crippen MR) is 83.8 cm³/mol. The quantitative estimate of drug-likeness (QED) is 0.776. The highest BCUT2D eigenvalue weighted by Gasteiger charge is 2.30. The van der Waals surface area contributed by atoms with E-state index >= 15 is 0 Å². The molecule has 1 saturated heterocycles. The Morgan fingerprint density at radius 2 is 2.40 bits per heavy atom. The van der Waals surface area contributed by atoms with Crippen molar-refractivity contribution in [1.29, 1.82) is 0 Å². The number of thioether (sulfide) groups is 1. The summed E-state index contributed by atoms with van der Waals surface area (Å²) in [6.07, 6.45) is 4.30. The van der Waals surface area contributed by atoms with Gasteiger partial charge in [0.25, 0.3) is 0 Å². The topological polar surface area (TPSA) is 37.3 Å². The van der Waals surface area contributed by atoms with Gasteiger partial charge in [0.2, 0.25) is 0 Å². The first-order chi connectivity index (χ1) is 9.65. The first-order valence-electron chi connectivity index (χ1n) is 7.16. The van der Waals surface area contributed by atoms with Gasteiger partial charge in [-0.1, -0.05) is 0 Å². The lowest BCUT2D eigenvalue weighted by Gasteiger charge is -2.32. The Bertz CT molecular complexity index is 373. The van der Waals surface area contributed by atoms with Crippen LogP contribution in [0.2, 0.25) is 0 Å². The predicted octanol–water partition coefficient (Wildman–Crippen LogP) is 1.96. The number of likely N-dealkylation sites (N-methyl/N-ethyl adjacent to an activating group) is 1. The van der Waals surface area contributed by atoms with E-state index in [1.165, 1.54) is 0 Å². The summed E-state index contributed by atoms with van der Waals surface area (Å²) < 4.78 is 11.1. The van der Waals surface area contributed by atoms with Crippen LogP contribution in [0.4, 0.5) is 0 Å². The highest BCUT2D eigenvalue weighted by Crippen LogP contribution is 2.28. The maximum atomic E-state index is 5.94. The minimum Gasteiger partial charge on any atom is -0.381 e. The molecule has 114 valence electrons. The van der Waals surface area contributed by atoms with Crippen molar-refractivity contribution in [3.05, 3.63) is 12.3 Å². The Labute approximate surface area is 126 Å². The van der Waals surface area contributed by atoms with Gasteiger partial charge in [-0.25, -0.2) is 4.99 Å². The van der Waals surface area contributed by atoms with Crippen LogP contribution in [0, 0.1) is 0 Å². The largest absolute Gasteiger partial charge is 0.381 e. The van der Waals surface area contributed by atoms with Gasteiger partial charge in [-0.15, -0.1) is 11.8 Å². The Hall–Kier alpha value is -0.720. The fraction of sp³-hybridized carbons (Fsp3) is 0.786. The molecule has 20 heavy (non-hydrogen) atoms. The zero-order valence-electron chi connectivity index (χ0n) is 12.8. The molecule has 6 heteroatoms. The molecule has 0 spiro atoms. The summed E-state index contributed by atoms with van der Waals surface area (Å²) in [6.45, 7) is 8.84. The monoisotopic (exact) mass is 299 g/mol. The Morgan fingerprint density at radius 1 is 1.60 bits per heavy atom. The Balaban J connectivity index is 1.88. The molecular weight excluding hydrogens is 274 g/mol. The summed E-state index contributed by atoms with van der Waals surface area (Å²) in [6, 6.07) is 0.472. The van der Waals surface area contributed by atoms with Crippen molar-refractivity contribution < 1.29 is 9.47 Å². The lowest BCUT2D eigenvalue weighted by Crippen LogP contribution is -2.41. The maximum absolute atomic E-state index is 5.94. The highest BCUT2D eigenvalue weighted by atomic mass is 32.2. The lowest BCUT2D eigenvalue weighted by molar-refractivity contribution is -0.0414. The van der Waals surface area contributed by atoms with E-state index < -0.39 is 0 Å². The van der Waals surface area contributed by atoms with Gasteiger partial charge in [0.1, 0.15) is 24.2 Å². The number of hydrogen-bond donors (Lipinski definition) is 0. The second-order valence-corrected chi connectivity index (χ2v) is 6.37. The molecule has 0 amide bonds. The molecule has 0 aliphatic carbocycles. The van der Waals surface area contributed by atoms with Gasteiger partial charge in [-0.05, 0) is 26.8 Å². The van der Waals surface area contributed by atoms with Crippen LogP contribution in [0.15, 0.2) is 17.3 Å². The van der Waals surface area contributed by atoms with Gasteiger partial charge >= 0.3 is 0 Å². The number of nitrogens with zero attached hydrogens (tertiary/aromatic N) is 3. The molecule has 0 aromatic carbocycles. The molecule has 2 aliphatic heterocycles. The van der Waals surface area contributed by atoms with Crippen LogP contribution in [0.25, 0.3) is 0 Å². The van der Waals surface area contributed by atoms with Crippen LogP contribution >= 0.6 is 11.8 Å². The molecule has 2 atom stereocenters. The molecule has 0 aromatic rings. The molecule has 0 unspecified atom stereocenters. The van der Waals surface area contributed by atoms with Crippen molar-refractivity contribution in [2.24, 2.45) is 4.99 Å². The SMILES string of the molecule is CCN(C1=NCN([C@H]2CS[C@@H](COC)O2)C=C1)C(C)C. The number of hydrogen-bond acceptors (Lipinski definition) is 6. The van der Waals surface area contributed by atoms with E-state index in [4.69, 9.17) is 9.47 Å². The van der Waals surface area contributed by atoms with Crippen molar-refractivity contribution in [2.45, 2.75) is 38.5 Å². The van der Waals surface area contributed by atoms with Crippen LogP contribution in [0.3, 0.4) is 0 Å². The van der Waals surface area contributed by atoms with Crippen molar-refractivity contribution in [3.8, 4) is 0 Å². The number of aliphatic imine (C=N–C) groups is 1. The molecule has 0 aromatic heterocycles. The molecule has 0 radical (unpaired) electrons. The van der Waals surface area contributed by atoms with Gasteiger partial charge in [-0.2, -0.15) is 0 Å². The van der Waals surface area contributed by atoms with Crippen LogP contribution in [0.5, 0.6) is 0 Å². The third-order valence-corrected chi connectivity index (χ3v) is 4.57. The Kier molecular flexibility index (Phi) is 5.74. The normalized spacial score (nSPS) is 26.2. The van der Waals surface area contributed by atoms with E-state index in [0.29, 0.717) is 19.3 Å². The highest BCUT2D eigenvalue weighted by molar-refractivity contribution is 8.00. The number of amidine groups is 1. The number of ether oxygens (including phenoxy) is 2. The fourth-order valence-corrected chi connectivity index (χ4v) is 3.51. The smallest absolute Gasteiger partial charge is 0.142 e. The van der Waals surface area contributed by atoms with Crippen LogP contribution in [-0.2, 0) is 9.47 Å². The standard InChI is InChI=1S/C14H25N3O2S/c1-5-17(11(2)3)12-6-7-16(10-15-12)13-9-20-14(19-13)8-18-4/h6-7,11,13-14H,5,8-10H2,1-4H3/t13-,14+/m1/s1. The summed E-state index contributed by atoms with van der Waals surface area (Å²) in [7, 11) is 1.71. The summed E-state index contributed by atoms with van der Waals surface area (Å²) in [5.74, 6) is 2.03. The van der Waals surface area contributed by atoms with Gasteiger partial charge in [0.05, 0.1) is 6.61 Å². The van der Waals surface area contributed by atoms with E-state index in [1.54, 1.807) is 18.9 Å². The number of rotatable bonds is 5. The van der Waals surface area contributed by atoms with Crippen molar-refractivity contribution in [1.82, 2.24) is 9.80 Å². The first kappa shape index (κ1) is 15.7. The average molecular weight is 299 g/mol. The van der Waals surface area contributed by atoms with Crippen molar-refractivity contribution in [3.63, 3.8) is 0 Å². The molecule has 2 aliphatic rings. The molecule has 0 bridgehead atoms. The zero-order chi connectivity index (χ0) is 14.5. The molecule has 0 N–H and O–H groups in total. The van der Waals surface area contributed by atoms with Gasteiger partial charge in [-0.3, -0.25) is 0 Å². The summed E-state index contributed by atoms with van der Waals surface area (Å²) in [5, 5.41) is 0. The molecule has 2 heterocycles. The second-order valence-electron chi connectivity index (χ2n) is 5.18. The Morgan fingerprint density at radius 3 is 2.95 bits per heavy atom. The van der Waals surface area contributed by atoms with E-state index in [-0.39, 0.29) is 11.7 Å². The van der Waals surface area contributed by atoms with Gasteiger partial charge in [0.15, 0.2) is 0 Å². The van der Waals surface area contributed by atoms with Crippen molar-refractivity contribution >= 4 is 17.6 Å². The fourth-order valence-electron chi connectivity index (χ4n) is 2.42. The van der Waals surface area contributed by atoms with Gasteiger partial charge < -0.3 is 19.3 Å². The summed E-state index contributed by atoms with van der Waals surface area (Å²) >= 11 is 1.80. The van der Waals surface area contributed by atoms with E-state index in [1.807, 2.05) is 0 Å². The second kappa shape index (κ2) is 7.33. The molecule has 5 nitrogen and oxygen atoms in total. The van der Waals surface area contributed by atoms with E-state index in [0.717, 1.165) is 18.1 Å². The van der Waals surface area contributed by atoms with Crippen molar-refractivity contribution in [2.75, 3.05) is 32.7 Å². The van der Waals surface area contributed by atoms with Crippen LogP contribution in [-0.4, -0.2) is 66.0 Å². The molecule has 1 fully saturated rings. The lowest BCUT2D eigenvalue weighted by atomic mass is 10.3. The van der Waals surface area contributed by atoms with E-state index in [2.05, 4.69) is 47.8 Å². The molecule has 0 saturated carbocycles. The third-order valence-electron chi connectivity index (χ3n) is 3.48. The zero-order valence-corrected chi connectivity index (χ0v) is 13.6. The van der Waals surface area contributed by atoms with E-state index in [9.17, 15) is 0 Å². The summed E-state index contributed by atoms with van der Waals surface area (Å²) in [4.78, 5) is 9.13. The number of methoxy groups -OCH3 is 1. The molecular formula is C14H25N3O2S. The first-order valence-corrected chi connectivity index (χ1v) is 8.21. The minimum absolute atomic E-state index is 0.107. The maximum Gasteiger partial charge on any atom is 0.142 e. The van der Waals surface area contributed by atoms with Crippen LogP contribution < -0.4 is 0 Å². The summed E-state index contributed by atoms with van der Waals surface area (Å²) in [5.41, 5.74) is 0.145. The minimum atomic E-state index is 0.107. The van der Waals surface area contributed by atoms with Gasteiger partial charge in [0, 0.05) is 31.6 Å².